The minimum Gasteiger partial charge on any atom is -0.352 e. The molecular weight excluding hydrogens is 376 g/mol. The number of hydrogen-bond acceptors (Lipinski definition) is 3. The normalized spacial score (nSPS) is 10.5. The van der Waals surface area contributed by atoms with Crippen LogP contribution in [0.1, 0.15) is 16.2 Å². The van der Waals surface area contributed by atoms with Crippen LogP contribution in [0.15, 0.2) is 33.5 Å². The maximum Gasteiger partial charge on any atom is 0.252 e. The van der Waals surface area contributed by atoms with Crippen molar-refractivity contribution < 1.29 is 4.79 Å². The summed E-state index contributed by atoms with van der Waals surface area (Å²) in [7, 11) is 1.88. The smallest absolute Gasteiger partial charge is 0.252 e. The van der Waals surface area contributed by atoms with E-state index >= 15 is 0 Å². The number of nitrogens with zero attached hydrogens (tertiary/aromatic N) is 3. The van der Waals surface area contributed by atoms with Crippen LogP contribution in [0, 0.1) is 0 Å². The molecule has 100 valence electrons. The van der Waals surface area contributed by atoms with Crippen LogP contribution < -0.4 is 5.32 Å². The Balaban J connectivity index is 1.94. The highest BCUT2D eigenvalue weighted by atomic mass is 79.9. The number of carbonyl (C=O) groups excluding carboxylic acids is 1. The minimum atomic E-state index is -0.115. The molecule has 1 N–H and O–H groups in total. The maximum atomic E-state index is 12.0. The van der Waals surface area contributed by atoms with Crippen LogP contribution in [0.25, 0.3) is 0 Å². The summed E-state index contributed by atoms with van der Waals surface area (Å²) in [5.41, 5.74) is 0.604. The van der Waals surface area contributed by atoms with Crippen LogP contribution in [0.5, 0.6) is 0 Å². The Morgan fingerprint density at radius 3 is 2.89 bits per heavy atom. The topological polar surface area (TPSA) is 59.8 Å². The Morgan fingerprint density at radius 2 is 2.21 bits per heavy atom. The summed E-state index contributed by atoms with van der Waals surface area (Å²) < 4.78 is 3.47. The van der Waals surface area contributed by atoms with E-state index in [1.54, 1.807) is 12.4 Å². The molecule has 1 amide bonds. The van der Waals surface area contributed by atoms with Gasteiger partial charge >= 0.3 is 0 Å². The standard InChI is InChI=1S/C12H12Br2N4O/c1-18-7-16-17-11(18)4-5-15-12(19)9-6-8(13)2-3-10(9)14/h2-3,6-7H,4-5H2,1H3,(H,15,19). The van der Waals surface area contributed by atoms with Gasteiger partial charge in [-0.05, 0) is 34.1 Å². The Labute approximate surface area is 127 Å². The average molecular weight is 388 g/mol. The van der Waals surface area contributed by atoms with Gasteiger partial charge in [-0.2, -0.15) is 0 Å². The molecule has 0 aliphatic rings. The zero-order chi connectivity index (χ0) is 13.8. The fourth-order valence-electron chi connectivity index (χ4n) is 1.59. The largest absolute Gasteiger partial charge is 0.352 e. The highest BCUT2D eigenvalue weighted by Gasteiger charge is 2.10. The van der Waals surface area contributed by atoms with Crippen LogP contribution >= 0.6 is 31.9 Å². The van der Waals surface area contributed by atoms with Gasteiger partial charge in [0.1, 0.15) is 12.2 Å². The maximum absolute atomic E-state index is 12.0. The van der Waals surface area contributed by atoms with Crippen LogP contribution in [0.2, 0.25) is 0 Å². The van der Waals surface area contributed by atoms with E-state index in [-0.39, 0.29) is 5.91 Å². The van der Waals surface area contributed by atoms with Crippen molar-refractivity contribution in [3.63, 3.8) is 0 Å². The quantitative estimate of drug-likeness (QED) is 0.875. The molecule has 0 atom stereocenters. The molecule has 0 spiro atoms. The Bertz CT molecular complexity index is 597. The number of aryl methyl sites for hydroxylation is 1. The van der Waals surface area contributed by atoms with Gasteiger partial charge in [-0.15, -0.1) is 10.2 Å². The highest BCUT2D eigenvalue weighted by molar-refractivity contribution is 9.11. The number of benzene rings is 1. The lowest BCUT2D eigenvalue weighted by Gasteiger charge is -2.07. The van der Waals surface area contributed by atoms with Crippen LogP contribution in [0.4, 0.5) is 0 Å². The molecule has 0 saturated carbocycles. The third-order valence-electron chi connectivity index (χ3n) is 2.61. The first-order valence-corrected chi connectivity index (χ1v) is 7.22. The summed E-state index contributed by atoms with van der Waals surface area (Å²) in [5.74, 6) is 0.726. The van der Waals surface area contributed by atoms with Crippen molar-refractivity contribution in [3.8, 4) is 0 Å². The second kappa shape index (κ2) is 6.29. The van der Waals surface area contributed by atoms with Crippen molar-refractivity contribution in [2.75, 3.05) is 6.54 Å². The monoisotopic (exact) mass is 386 g/mol. The number of halogens is 2. The molecule has 0 fully saturated rings. The van der Waals surface area contributed by atoms with E-state index in [1.807, 2.05) is 23.7 Å². The van der Waals surface area contributed by atoms with Crippen molar-refractivity contribution in [2.45, 2.75) is 6.42 Å². The van der Waals surface area contributed by atoms with Gasteiger partial charge in [0, 0.05) is 29.0 Å². The zero-order valence-corrected chi connectivity index (χ0v) is 13.4. The summed E-state index contributed by atoms with van der Waals surface area (Å²) in [6.07, 6.45) is 2.29. The molecule has 0 unspecified atom stereocenters. The first-order chi connectivity index (χ1) is 9.08. The number of hydrogen-bond donors (Lipinski definition) is 1. The van der Waals surface area contributed by atoms with Gasteiger partial charge in [0.2, 0.25) is 0 Å². The molecule has 1 heterocycles. The predicted octanol–water partition coefficient (Wildman–Crippen LogP) is 2.31. The summed E-state index contributed by atoms with van der Waals surface area (Å²) in [6, 6.07) is 5.49. The van der Waals surface area contributed by atoms with Gasteiger partial charge in [-0.1, -0.05) is 15.9 Å². The molecule has 5 nitrogen and oxygen atoms in total. The first-order valence-electron chi connectivity index (χ1n) is 5.64. The summed E-state index contributed by atoms with van der Waals surface area (Å²) in [6.45, 7) is 0.518. The lowest BCUT2D eigenvalue weighted by atomic mass is 10.2. The number of aromatic nitrogens is 3. The Hall–Kier alpha value is -1.21. The third-order valence-corrected chi connectivity index (χ3v) is 3.80. The molecule has 2 rings (SSSR count). The molecule has 0 bridgehead atoms. The van der Waals surface area contributed by atoms with Crippen molar-refractivity contribution in [1.82, 2.24) is 20.1 Å². The molecule has 0 radical (unpaired) electrons. The van der Waals surface area contributed by atoms with Crippen molar-refractivity contribution in [1.29, 1.82) is 0 Å². The molecular formula is C12H12Br2N4O. The second-order valence-corrected chi connectivity index (χ2v) is 5.76. The minimum absolute atomic E-state index is 0.115. The molecule has 19 heavy (non-hydrogen) atoms. The van der Waals surface area contributed by atoms with Crippen LogP contribution in [-0.4, -0.2) is 27.2 Å². The molecule has 1 aromatic heterocycles. The van der Waals surface area contributed by atoms with E-state index in [9.17, 15) is 4.79 Å². The molecule has 0 aliphatic heterocycles. The number of rotatable bonds is 4. The molecule has 1 aromatic carbocycles. The van der Waals surface area contributed by atoms with E-state index in [4.69, 9.17) is 0 Å². The summed E-state index contributed by atoms with van der Waals surface area (Å²) in [4.78, 5) is 12.0. The second-order valence-electron chi connectivity index (χ2n) is 3.99. The first kappa shape index (κ1) is 14.2. The van der Waals surface area contributed by atoms with Crippen LogP contribution in [-0.2, 0) is 13.5 Å². The van der Waals surface area contributed by atoms with Gasteiger partial charge in [0.15, 0.2) is 0 Å². The third kappa shape index (κ3) is 3.63. The lowest BCUT2D eigenvalue weighted by molar-refractivity contribution is 0.0953. The van der Waals surface area contributed by atoms with Gasteiger partial charge in [0.25, 0.3) is 5.91 Å². The molecule has 7 heteroatoms. The Kier molecular flexibility index (Phi) is 4.71. The van der Waals surface area contributed by atoms with E-state index in [1.165, 1.54) is 0 Å². The summed E-state index contributed by atoms with van der Waals surface area (Å²) in [5, 5.41) is 10.6. The molecule has 0 aliphatic carbocycles. The number of amides is 1. The van der Waals surface area contributed by atoms with Crippen molar-refractivity contribution >= 4 is 37.8 Å². The van der Waals surface area contributed by atoms with Gasteiger partial charge in [-0.25, -0.2) is 0 Å². The van der Waals surface area contributed by atoms with Crippen LogP contribution in [0.3, 0.4) is 0 Å². The van der Waals surface area contributed by atoms with Crippen molar-refractivity contribution in [2.24, 2.45) is 7.05 Å². The van der Waals surface area contributed by atoms with E-state index < -0.39 is 0 Å². The van der Waals surface area contributed by atoms with E-state index in [2.05, 4.69) is 47.4 Å². The van der Waals surface area contributed by atoms with Gasteiger partial charge < -0.3 is 9.88 Å². The fourth-order valence-corrected chi connectivity index (χ4v) is 2.38. The van der Waals surface area contributed by atoms with Gasteiger partial charge in [-0.3, -0.25) is 4.79 Å². The zero-order valence-electron chi connectivity index (χ0n) is 10.2. The molecule has 0 saturated heterocycles. The van der Waals surface area contributed by atoms with Crippen molar-refractivity contribution in [3.05, 3.63) is 44.9 Å². The average Bonchev–Trinajstić information content (AvgIpc) is 2.78. The lowest BCUT2D eigenvalue weighted by Crippen LogP contribution is -2.26. The number of nitrogens with one attached hydrogen (secondary N) is 1. The SMILES string of the molecule is Cn1cnnc1CCNC(=O)c1cc(Br)ccc1Br. The molecule has 2 aromatic rings. The van der Waals surface area contributed by atoms with Gasteiger partial charge in [0.05, 0.1) is 5.56 Å². The highest BCUT2D eigenvalue weighted by Crippen LogP contribution is 2.21. The van der Waals surface area contributed by atoms with E-state index in [0.29, 0.717) is 18.5 Å². The summed E-state index contributed by atoms with van der Waals surface area (Å²) >= 11 is 6.72. The Morgan fingerprint density at radius 1 is 1.42 bits per heavy atom. The number of carbonyl (C=O) groups is 1. The van der Waals surface area contributed by atoms with E-state index in [0.717, 1.165) is 14.8 Å². The predicted molar refractivity (Wildman–Crippen MR) is 78.9 cm³/mol. The fraction of sp³-hybridized carbons (Fsp3) is 0.250.